The Morgan fingerprint density at radius 1 is 0.723 bits per heavy atom. The van der Waals surface area contributed by atoms with Gasteiger partial charge in [-0.25, -0.2) is 0 Å². The van der Waals surface area contributed by atoms with E-state index in [1.54, 1.807) is 4.68 Å². The maximum atomic E-state index is 14.4. The Bertz CT molecular complexity index is 2000. The van der Waals surface area contributed by atoms with Crippen molar-refractivity contribution in [2.75, 3.05) is 13.1 Å². The molecule has 7 rings (SSSR count). The van der Waals surface area contributed by atoms with Crippen LogP contribution in [0.25, 0.3) is 27.2 Å². The Hall–Kier alpha value is -5.41. The molecule has 2 amide bonds. The molecule has 5 aromatic carbocycles. The van der Waals surface area contributed by atoms with Gasteiger partial charge in [0.05, 0.1) is 11.7 Å². The fourth-order valence-corrected chi connectivity index (χ4v) is 6.43. The molecule has 0 bridgehead atoms. The number of tetrazole rings is 1. The van der Waals surface area contributed by atoms with Crippen molar-refractivity contribution in [1.82, 2.24) is 36.2 Å². The molecule has 1 fully saturated rings. The van der Waals surface area contributed by atoms with Crippen molar-refractivity contribution in [3.63, 3.8) is 0 Å². The van der Waals surface area contributed by atoms with Crippen LogP contribution in [0.5, 0.6) is 0 Å². The van der Waals surface area contributed by atoms with Gasteiger partial charge in [-0.2, -0.15) is 4.68 Å². The molecule has 236 valence electrons. The number of hydrogen-bond donors (Lipinski definition) is 3. The molecule has 0 aliphatic carbocycles. The van der Waals surface area contributed by atoms with Crippen molar-refractivity contribution in [3.8, 4) is 5.69 Å². The first-order chi connectivity index (χ1) is 23.1. The maximum absolute atomic E-state index is 14.4. The number of nitrogens with zero attached hydrogens (tertiary/aromatic N) is 4. The first-order valence-electron chi connectivity index (χ1n) is 16.2. The van der Waals surface area contributed by atoms with E-state index >= 15 is 0 Å². The van der Waals surface area contributed by atoms with E-state index in [1.165, 1.54) is 0 Å². The molecule has 1 aliphatic rings. The van der Waals surface area contributed by atoms with Crippen LogP contribution in [0, 0.1) is 5.92 Å². The average molecular weight is 624 g/mol. The number of hydrogen-bond acceptors (Lipinski definition) is 6. The van der Waals surface area contributed by atoms with Crippen LogP contribution in [0.15, 0.2) is 115 Å². The van der Waals surface area contributed by atoms with Crippen LogP contribution < -0.4 is 16.0 Å². The number of para-hydroxylation sites is 1. The van der Waals surface area contributed by atoms with E-state index in [4.69, 9.17) is 0 Å². The molecular formula is C38H37N7O2. The highest BCUT2D eigenvalue weighted by atomic mass is 16.2. The molecule has 1 aromatic heterocycles. The highest BCUT2D eigenvalue weighted by Gasteiger charge is 2.30. The third kappa shape index (κ3) is 7.05. The highest BCUT2D eigenvalue weighted by Crippen LogP contribution is 2.24. The Morgan fingerprint density at radius 2 is 1.32 bits per heavy atom. The first kappa shape index (κ1) is 30.3. The van der Waals surface area contributed by atoms with Crippen LogP contribution >= 0.6 is 0 Å². The minimum atomic E-state index is -0.793. The lowest BCUT2D eigenvalue weighted by Crippen LogP contribution is -2.51. The Balaban J connectivity index is 1.21. The van der Waals surface area contributed by atoms with Crippen molar-refractivity contribution in [1.29, 1.82) is 0 Å². The zero-order valence-corrected chi connectivity index (χ0v) is 26.0. The van der Waals surface area contributed by atoms with Gasteiger partial charge in [-0.1, -0.05) is 103 Å². The summed E-state index contributed by atoms with van der Waals surface area (Å²) < 4.78 is 1.66. The van der Waals surface area contributed by atoms with Gasteiger partial charge >= 0.3 is 0 Å². The molecule has 1 saturated heterocycles. The molecule has 1 aliphatic heterocycles. The zero-order chi connectivity index (χ0) is 32.0. The standard InChI is InChI=1S/C38H37N7O2/c46-37(30-18-20-39-21-19-30)41-35(25-27-15-17-29-9-5-7-11-32(29)23-27)38(47)40-34(24-26-14-16-28-8-4-6-10-31(28)22-26)36-42-43-44-45(36)33-12-2-1-3-13-33/h1-17,22-23,30,34-35,39H,18-21,24-25H2,(H,40,47)(H,41,46)/t34-,35-/m1/s1. The van der Waals surface area contributed by atoms with Gasteiger partial charge in [-0.05, 0) is 81.2 Å². The summed E-state index contributed by atoms with van der Waals surface area (Å²) in [7, 11) is 0. The first-order valence-corrected chi connectivity index (χ1v) is 16.2. The number of benzene rings is 5. The number of carbonyl (C=O) groups is 2. The lowest BCUT2D eigenvalue weighted by atomic mass is 9.95. The van der Waals surface area contributed by atoms with Crippen molar-refractivity contribution < 1.29 is 9.59 Å². The second-order valence-corrected chi connectivity index (χ2v) is 12.2. The van der Waals surface area contributed by atoms with Gasteiger partial charge < -0.3 is 16.0 Å². The summed E-state index contributed by atoms with van der Waals surface area (Å²) in [6.45, 7) is 1.57. The Morgan fingerprint density at radius 3 is 1.98 bits per heavy atom. The minimum Gasteiger partial charge on any atom is -0.344 e. The van der Waals surface area contributed by atoms with E-state index in [0.717, 1.165) is 64.3 Å². The topological polar surface area (TPSA) is 114 Å². The number of carbonyl (C=O) groups excluding carboxylic acids is 2. The number of nitrogens with one attached hydrogen (secondary N) is 3. The molecule has 9 heteroatoms. The lowest BCUT2D eigenvalue weighted by Gasteiger charge is -2.27. The molecule has 9 nitrogen and oxygen atoms in total. The summed E-state index contributed by atoms with van der Waals surface area (Å²) in [5, 5.41) is 26.9. The quantitative estimate of drug-likeness (QED) is 0.196. The second kappa shape index (κ2) is 13.9. The fourth-order valence-electron chi connectivity index (χ4n) is 6.43. The van der Waals surface area contributed by atoms with Crippen molar-refractivity contribution in [2.45, 2.75) is 37.8 Å². The molecule has 2 atom stereocenters. The summed E-state index contributed by atoms with van der Waals surface area (Å²) in [6, 6.07) is 37.1. The molecule has 6 aromatic rings. The molecule has 0 radical (unpaired) electrons. The molecule has 2 heterocycles. The van der Waals surface area contributed by atoms with Crippen LogP contribution in [0.1, 0.15) is 35.8 Å². The zero-order valence-electron chi connectivity index (χ0n) is 26.0. The molecule has 47 heavy (non-hydrogen) atoms. The normalized spacial score (nSPS) is 14.9. The van der Waals surface area contributed by atoms with Crippen LogP contribution in [0.2, 0.25) is 0 Å². The number of amides is 2. The second-order valence-electron chi connectivity index (χ2n) is 12.2. The van der Waals surface area contributed by atoms with E-state index in [2.05, 4.69) is 86.1 Å². The van der Waals surface area contributed by atoms with Crippen molar-refractivity contribution in [2.24, 2.45) is 5.92 Å². The van der Waals surface area contributed by atoms with Gasteiger partial charge in [0.1, 0.15) is 6.04 Å². The summed E-state index contributed by atoms with van der Waals surface area (Å²) in [6.07, 6.45) is 2.29. The Kier molecular flexibility index (Phi) is 8.96. The number of rotatable bonds is 10. The van der Waals surface area contributed by atoms with E-state index in [1.807, 2.05) is 60.7 Å². The van der Waals surface area contributed by atoms with Gasteiger partial charge in [-0.3, -0.25) is 9.59 Å². The predicted octanol–water partition coefficient (Wildman–Crippen LogP) is 5.10. The monoisotopic (exact) mass is 623 g/mol. The average Bonchev–Trinajstić information content (AvgIpc) is 3.62. The van der Waals surface area contributed by atoms with Crippen molar-refractivity contribution in [3.05, 3.63) is 132 Å². The molecule has 0 unspecified atom stereocenters. The number of aromatic nitrogens is 4. The van der Waals surface area contributed by atoms with Crippen LogP contribution in [0.4, 0.5) is 0 Å². The third-order valence-corrected chi connectivity index (χ3v) is 8.97. The predicted molar refractivity (Wildman–Crippen MR) is 183 cm³/mol. The molecule has 0 saturated carbocycles. The van der Waals surface area contributed by atoms with E-state index in [-0.39, 0.29) is 17.7 Å². The van der Waals surface area contributed by atoms with Gasteiger partial charge in [0, 0.05) is 18.8 Å². The molecule has 0 spiro atoms. The van der Waals surface area contributed by atoms with E-state index in [0.29, 0.717) is 18.7 Å². The van der Waals surface area contributed by atoms with E-state index in [9.17, 15) is 9.59 Å². The number of fused-ring (bicyclic) bond motifs is 2. The Labute approximate surface area is 273 Å². The van der Waals surface area contributed by atoms with Gasteiger partial charge in [0.25, 0.3) is 0 Å². The largest absolute Gasteiger partial charge is 0.344 e. The van der Waals surface area contributed by atoms with E-state index < -0.39 is 12.1 Å². The SMILES string of the molecule is O=C(N[C@H](Cc1ccc2ccccc2c1)C(=O)N[C@H](Cc1ccc2ccccc2c1)c1nnnn1-c1ccccc1)C1CCNCC1. The van der Waals surface area contributed by atoms with Gasteiger partial charge in [0.15, 0.2) is 5.82 Å². The summed E-state index contributed by atoms with van der Waals surface area (Å²) in [5.74, 6) is -0.00439. The highest BCUT2D eigenvalue weighted by molar-refractivity contribution is 5.89. The molecular weight excluding hydrogens is 586 g/mol. The van der Waals surface area contributed by atoms with Gasteiger partial charge in [-0.15, -0.1) is 5.10 Å². The van der Waals surface area contributed by atoms with Crippen LogP contribution in [-0.2, 0) is 22.4 Å². The summed E-state index contributed by atoms with van der Waals surface area (Å²) in [4.78, 5) is 27.9. The van der Waals surface area contributed by atoms with Crippen LogP contribution in [-0.4, -0.2) is 51.2 Å². The third-order valence-electron chi connectivity index (χ3n) is 8.97. The lowest BCUT2D eigenvalue weighted by molar-refractivity contribution is -0.132. The fraction of sp³-hybridized carbons (Fsp3) is 0.237. The van der Waals surface area contributed by atoms with Gasteiger partial charge in [0.2, 0.25) is 11.8 Å². The van der Waals surface area contributed by atoms with Crippen LogP contribution in [0.3, 0.4) is 0 Å². The van der Waals surface area contributed by atoms with Crippen molar-refractivity contribution >= 4 is 33.4 Å². The summed E-state index contributed by atoms with van der Waals surface area (Å²) >= 11 is 0. The smallest absolute Gasteiger partial charge is 0.243 e. The number of piperidine rings is 1. The minimum absolute atomic E-state index is 0.0902. The molecule has 3 N–H and O–H groups in total. The summed E-state index contributed by atoms with van der Waals surface area (Å²) in [5.41, 5.74) is 2.79. The maximum Gasteiger partial charge on any atom is 0.243 e.